The molecule has 10 nitrogen and oxygen atoms in total. The molecule has 3 N–H and O–H groups in total. The van der Waals surface area contributed by atoms with Gasteiger partial charge in [-0.05, 0) is 73.4 Å². The Bertz CT molecular complexity index is 1650. The summed E-state index contributed by atoms with van der Waals surface area (Å²) in [6.45, 7) is 0.178. The van der Waals surface area contributed by atoms with Crippen molar-refractivity contribution in [1.29, 1.82) is 0 Å². The second-order valence-electron chi connectivity index (χ2n) is 10.6. The third-order valence-corrected chi connectivity index (χ3v) is 10.0. The molecule has 2 heterocycles. The van der Waals surface area contributed by atoms with Crippen molar-refractivity contribution in [3.8, 4) is 0 Å². The predicted octanol–water partition coefficient (Wildman–Crippen LogP) is 3.37. The van der Waals surface area contributed by atoms with Gasteiger partial charge in [-0.2, -0.15) is 8.42 Å². The van der Waals surface area contributed by atoms with Gasteiger partial charge in [-0.3, -0.25) is 9.52 Å². The fourth-order valence-corrected chi connectivity index (χ4v) is 8.24. The molecule has 2 aliphatic heterocycles. The second kappa shape index (κ2) is 9.05. The van der Waals surface area contributed by atoms with E-state index in [1.165, 1.54) is 24.3 Å². The van der Waals surface area contributed by atoms with Crippen LogP contribution >= 0.6 is 0 Å². The molecule has 3 saturated carbocycles. The number of benzene rings is 2. The van der Waals surface area contributed by atoms with E-state index in [9.17, 15) is 31.1 Å². The van der Waals surface area contributed by atoms with Crippen LogP contribution in [0.25, 0.3) is 0 Å². The van der Waals surface area contributed by atoms with Gasteiger partial charge in [0, 0.05) is 24.2 Å². The molecule has 39 heavy (non-hydrogen) atoms. The van der Waals surface area contributed by atoms with Crippen molar-refractivity contribution in [2.24, 2.45) is 22.2 Å². The number of nitrogens with one attached hydrogen (secondary N) is 2. The first kappa shape index (κ1) is 25.8. The van der Waals surface area contributed by atoms with Gasteiger partial charge in [0.05, 0.1) is 11.9 Å². The van der Waals surface area contributed by atoms with Crippen LogP contribution in [-0.4, -0.2) is 50.9 Å². The Kier molecular flexibility index (Phi) is 5.99. The van der Waals surface area contributed by atoms with Crippen molar-refractivity contribution < 1.29 is 31.1 Å². The molecule has 3 aliphatic carbocycles. The van der Waals surface area contributed by atoms with Crippen LogP contribution in [0.15, 0.2) is 63.1 Å². The molecule has 2 aromatic carbocycles. The number of sulfonamides is 2. The van der Waals surface area contributed by atoms with E-state index in [-0.39, 0.29) is 63.8 Å². The Morgan fingerprint density at radius 3 is 2.44 bits per heavy atom. The number of aliphatic hydroxyl groups excluding tert-OH is 1. The van der Waals surface area contributed by atoms with Crippen molar-refractivity contribution in [3.63, 3.8) is 0 Å². The first-order valence-electron chi connectivity index (χ1n) is 12.6. The van der Waals surface area contributed by atoms with Gasteiger partial charge >= 0.3 is 0 Å². The summed E-state index contributed by atoms with van der Waals surface area (Å²) in [5, 5.41) is 14.4. The van der Waals surface area contributed by atoms with Crippen LogP contribution < -0.4 is 10.0 Å². The fraction of sp³-hybridized carbons (Fsp3) is 0.385. The highest BCUT2D eigenvalue weighted by Crippen LogP contribution is 2.52. The van der Waals surface area contributed by atoms with Crippen LogP contribution in [0.3, 0.4) is 0 Å². The summed E-state index contributed by atoms with van der Waals surface area (Å²) in [6.07, 6.45) is 4.62. The molecule has 2 bridgehead atoms. The summed E-state index contributed by atoms with van der Waals surface area (Å²) in [5.74, 6) is -1.41. The van der Waals surface area contributed by atoms with E-state index in [4.69, 9.17) is 0 Å². The molecule has 2 atom stereocenters. The first-order valence-corrected chi connectivity index (χ1v) is 16.0. The van der Waals surface area contributed by atoms with Crippen molar-refractivity contribution in [1.82, 2.24) is 4.90 Å². The lowest BCUT2D eigenvalue weighted by Gasteiger charge is -2.54. The Morgan fingerprint density at radius 2 is 1.77 bits per heavy atom. The quantitative estimate of drug-likeness (QED) is 0.496. The summed E-state index contributed by atoms with van der Waals surface area (Å²) >= 11 is 0. The van der Waals surface area contributed by atoms with Crippen molar-refractivity contribution >= 4 is 43.2 Å². The minimum atomic E-state index is -4.35. The van der Waals surface area contributed by atoms with Crippen molar-refractivity contribution in [2.75, 3.05) is 16.3 Å². The van der Waals surface area contributed by atoms with Crippen molar-refractivity contribution in [2.45, 2.75) is 43.2 Å². The van der Waals surface area contributed by atoms with Crippen LogP contribution in [0.1, 0.15) is 31.2 Å². The number of aliphatic hydroxyl groups is 1. The summed E-state index contributed by atoms with van der Waals surface area (Å²) in [6, 6.07) is 9.52. The third-order valence-electron chi connectivity index (χ3n) is 8.11. The molecular weight excluding hydrogens is 547 g/mol. The number of fused-ring (bicyclic) bond motifs is 3. The molecule has 206 valence electrons. The van der Waals surface area contributed by atoms with Crippen LogP contribution in [0, 0.1) is 23.6 Å². The number of nitrogens with zero attached hydrogens (tertiary/aromatic N) is 2. The molecule has 1 amide bonds. The highest BCUT2D eigenvalue weighted by atomic mass is 32.2. The average molecular weight is 575 g/mol. The average Bonchev–Trinajstić information content (AvgIpc) is 2.87. The van der Waals surface area contributed by atoms with Gasteiger partial charge in [-0.25, -0.2) is 12.8 Å². The third kappa shape index (κ3) is 4.56. The molecule has 7 rings (SSSR count). The molecule has 2 aromatic rings. The standard InChI is InChI=1S/C26H27FN4O6S2/c1-38(34,35)29-18-10-11-19-20(12-18)39(36,37)30-25(28-19)22-24(32)21-15-4-6-16(7-5-15)23(21)31(26(22)33)13-14-2-8-17(27)9-3-14/h2-3,8-12,15-16,21,23,29,32H,4-7,13H2,1H3,(H,28,30)/t15?,16?,21-,23+/m0/s1. The minimum Gasteiger partial charge on any atom is -0.511 e. The highest BCUT2D eigenvalue weighted by molar-refractivity contribution is 7.92. The van der Waals surface area contributed by atoms with E-state index in [0.717, 1.165) is 38.0 Å². The topological polar surface area (TPSA) is 145 Å². The van der Waals surface area contributed by atoms with Crippen molar-refractivity contribution in [3.05, 3.63) is 65.2 Å². The number of halogens is 1. The highest BCUT2D eigenvalue weighted by Gasteiger charge is 2.54. The summed E-state index contributed by atoms with van der Waals surface area (Å²) in [5.41, 5.74) is 0.665. The first-order chi connectivity index (χ1) is 18.4. The zero-order chi connectivity index (χ0) is 27.7. The maximum atomic E-state index is 14.0. The molecule has 0 unspecified atom stereocenters. The lowest BCUT2D eigenvalue weighted by Crippen LogP contribution is -2.60. The van der Waals surface area contributed by atoms with Gasteiger partial charge in [-0.1, -0.05) is 12.1 Å². The molecule has 0 saturated heterocycles. The number of carbonyl (C=O) groups excluding carboxylic acids is 1. The number of hydrogen-bond acceptors (Lipinski definition) is 7. The predicted molar refractivity (Wildman–Crippen MR) is 142 cm³/mol. The van der Waals surface area contributed by atoms with E-state index in [2.05, 4.69) is 14.4 Å². The van der Waals surface area contributed by atoms with Crippen LogP contribution in [0.4, 0.5) is 15.8 Å². The summed E-state index contributed by atoms with van der Waals surface area (Å²) in [4.78, 5) is 15.4. The van der Waals surface area contributed by atoms with E-state index >= 15 is 0 Å². The Hall–Kier alpha value is -3.45. The van der Waals surface area contributed by atoms with Gasteiger partial charge in [0.25, 0.3) is 15.9 Å². The van der Waals surface area contributed by atoms with Gasteiger partial charge in [0.1, 0.15) is 22.0 Å². The normalized spacial score (nSPS) is 27.4. The molecule has 0 spiro atoms. The molecular formula is C26H27FN4O6S2. The maximum Gasteiger partial charge on any atom is 0.286 e. The van der Waals surface area contributed by atoms with Gasteiger partial charge in [0.15, 0.2) is 5.84 Å². The van der Waals surface area contributed by atoms with Crippen LogP contribution in [-0.2, 0) is 31.4 Å². The van der Waals surface area contributed by atoms with Gasteiger partial charge in [0.2, 0.25) is 10.0 Å². The number of hydrogen-bond donors (Lipinski definition) is 3. The van der Waals surface area contributed by atoms with Gasteiger partial charge in [-0.15, -0.1) is 4.40 Å². The molecule has 3 fully saturated rings. The van der Waals surface area contributed by atoms with Crippen LogP contribution in [0.5, 0.6) is 0 Å². The number of amides is 1. The Labute approximate surface area is 225 Å². The lowest BCUT2D eigenvalue weighted by molar-refractivity contribution is -0.140. The zero-order valence-electron chi connectivity index (χ0n) is 21.0. The zero-order valence-corrected chi connectivity index (χ0v) is 22.6. The molecule has 13 heteroatoms. The Balaban J connectivity index is 1.42. The number of anilines is 2. The Morgan fingerprint density at radius 1 is 1.10 bits per heavy atom. The SMILES string of the molecule is CS(=O)(=O)Nc1ccc2c(c1)S(=O)(=O)N=C(C1=C(O)[C@H]3C4CCC(CC4)[C@H]3N(Cc3ccc(F)cc3)C1=O)N2. The number of rotatable bonds is 5. The van der Waals surface area contributed by atoms with E-state index in [1.54, 1.807) is 17.0 Å². The van der Waals surface area contributed by atoms with E-state index in [0.29, 0.717) is 5.56 Å². The fourth-order valence-electron chi connectivity index (χ4n) is 6.54. The second-order valence-corrected chi connectivity index (χ2v) is 14.0. The summed E-state index contributed by atoms with van der Waals surface area (Å²) in [7, 11) is -8.00. The minimum absolute atomic E-state index is 0.0441. The van der Waals surface area contributed by atoms with E-state index < -0.39 is 31.8 Å². The number of carbonyl (C=O) groups is 1. The number of amidine groups is 1. The molecule has 0 radical (unpaired) electrons. The molecule has 0 aromatic heterocycles. The lowest BCUT2D eigenvalue weighted by atomic mass is 9.59. The smallest absolute Gasteiger partial charge is 0.286 e. The largest absolute Gasteiger partial charge is 0.511 e. The van der Waals surface area contributed by atoms with Crippen LogP contribution in [0.2, 0.25) is 0 Å². The summed E-state index contributed by atoms with van der Waals surface area (Å²) < 4.78 is 69.3. The van der Waals surface area contributed by atoms with Gasteiger partial charge < -0.3 is 15.3 Å². The monoisotopic (exact) mass is 574 g/mol. The molecule has 5 aliphatic rings. The maximum absolute atomic E-state index is 14.0. The van der Waals surface area contributed by atoms with E-state index in [1.807, 2.05) is 0 Å².